The second-order valence-electron chi connectivity index (χ2n) is 5.59. The van der Waals surface area contributed by atoms with E-state index in [-0.39, 0.29) is 17.2 Å². The van der Waals surface area contributed by atoms with Crippen molar-refractivity contribution in [3.05, 3.63) is 0 Å². The Morgan fingerprint density at radius 1 is 1.33 bits per heavy atom. The number of nitrogens with zero attached hydrogens (tertiary/aromatic N) is 1. The van der Waals surface area contributed by atoms with E-state index in [0.717, 1.165) is 32.2 Å². The van der Waals surface area contributed by atoms with Crippen LogP contribution in [0.1, 0.15) is 40.0 Å². The molecule has 0 spiro atoms. The Morgan fingerprint density at radius 2 is 1.87 bits per heavy atom. The highest BCUT2D eigenvalue weighted by Crippen LogP contribution is 2.22. The molecule has 3 nitrogen and oxygen atoms in total. The lowest BCUT2D eigenvalue weighted by atomic mass is 9.90. The average Bonchev–Trinajstić information content (AvgIpc) is 2.15. The standard InChI is InChI=1S/C12H21NO2/c1-12(2,3)8-11(15)13-6-4-10(9-14)5-7-13/h9-10H,4-8H2,1-3H3. The van der Waals surface area contributed by atoms with Gasteiger partial charge < -0.3 is 9.69 Å². The van der Waals surface area contributed by atoms with E-state index in [1.165, 1.54) is 0 Å². The molecule has 0 atom stereocenters. The fourth-order valence-electron chi connectivity index (χ4n) is 1.85. The zero-order valence-electron chi connectivity index (χ0n) is 9.95. The summed E-state index contributed by atoms with van der Waals surface area (Å²) in [4.78, 5) is 24.3. The number of amides is 1. The van der Waals surface area contributed by atoms with E-state index in [4.69, 9.17) is 0 Å². The Bertz CT molecular complexity index is 234. The van der Waals surface area contributed by atoms with Crippen LogP contribution in [0.5, 0.6) is 0 Å². The monoisotopic (exact) mass is 211 g/mol. The summed E-state index contributed by atoms with van der Waals surface area (Å²) in [6.07, 6.45) is 3.28. The lowest BCUT2D eigenvalue weighted by Gasteiger charge is -2.31. The summed E-state index contributed by atoms with van der Waals surface area (Å²) in [5.74, 6) is 0.399. The van der Waals surface area contributed by atoms with Crippen molar-refractivity contribution in [3.63, 3.8) is 0 Å². The van der Waals surface area contributed by atoms with Crippen molar-refractivity contribution in [2.75, 3.05) is 13.1 Å². The van der Waals surface area contributed by atoms with Gasteiger partial charge in [0.1, 0.15) is 6.29 Å². The van der Waals surface area contributed by atoms with Gasteiger partial charge in [0, 0.05) is 25.4 Å². The molecule has 0 aliphatic carbocycles. The van der Waals surface area contributed by atoms with E-state index >= 15 is 0 Å². The second kappa shape index (κ2) is 4.77. The summed E-state index contributed by atoms with van der Waals surface area (Å²) in [5.41, 5.74) is 0.0542. The SMILES string of the molecule is CC(C)(C)CC(=O)N1CCC(C=O)CC1. The number of carbonyl (C=O) groups excluding carboxylic acids is 2. The molecule has 86 valence electrons. The molecule has 0 saturated carbocycles. The van der Waals surface area contributed by atoms with Crippen molar-refractivity contribution in [2.24, 2.45) is 11.3 Å². The zero-order chi connectivity index (χ0) is 11.5. The average molecular weight is 211 g/mol. The minimum Gasteiger partial charge on any atom is -0.343 e. The van der Waals surface area contributed by atoms with Crippen molar-refractivity contribution in [3.8, 4) is 0 Å². The lowest BCUT2D eigenvalue weighted by molar-refractivity contribution is -0.135. The maximum Gasteiger partial charge on any atom is 0.223 e. The molecule has 1 rings (SSSR count). The smallest absolute Gasteiger partial charge is 0.223 e. The minimum absolute atomic E-state index is 0.0542. The summed E-state index contributed by atoms with van der Waals surface area (Å²) in [6.45, 7) is 7.71. The lowest BCUT2D eigenvalue weighted by Crippen LogP contribution is -2.40. The molecule has 1 aliphatic rings. The van der Waals surface area contributed by atoms with Crippen LogP contribution in [0.15, 0.2) is 0 Å². The normalized spacial score (nSPS) is 19.0. The minimum atomic E-state index is 0.0542. The van der Waals surface area contributed by atoms with E-state index in [2.05, 4.69) is 20.8 Å². The molecule has 15 heavy (non-hydrogen) atoms. The summed E-state index contributed by atoms with van der Waals surface area (Å²) in [6, 6.07) is 0. The molecule has 0 unspecified atom stereocenters. The van der Waals surface area contributed by atoms with Crippen LogP contribution in [-0.2, 0) is 9.59 Å². The van der Waals surface area contributed by atoms with Crippen LogP contribution in [0.4, 0.5) is 0 Å². The molecule has 1 saturated heterocycles. The van der Waals surface area contributed by atoms with Gasteiger partial charge in [0.05, 0.1) is 0 Å². The molecular weight excluding hydrogens is 190 g/mol. The number of aldehydes is 1. The summed E-state index contributed by atoms with van der Waals surface area (Å²) in [5, 5.41) is 0. The first-order valence-electron chi connectivity index (χ1n) is 5.65. The molecule has 1 fully saturated rings. The number of hydrogen-bond acceptors (Lipinski definition) is 2. The van der Waals surface area contributed by atoms with Crippen LogP contribution in [-0.4, -0.2) is 30.2 Å². The number of likely N-dealkylation sites (tertiary alicyclic amines) is 1. The van der Waals surface area contributed by atoms with E-state index in [0.29, 0.717) is 6.42 Å². The van der Waals surface area contributed by atoms with Crippen LogP contribution in [0.3, 0.4) is 0 Å². The number of hydrogen-bond donors (Lipinski definition) is 0. The summed E-state index contributed by atoms with van der Waals surface area (Å²) in [7, 11) is 0. The summed E-state index contributed by atoms with van der Waals surface area (Å²) < 4.78 is 0. The molecule has 0 aromatic rings. The third-order valence-electron chi connectivity index (χ3n) is 2.77. The van der Waals surface area contributed by atoms with Gasteiger partial charge in [-0.1, -0.05) is 20.8 Å². The van der Waals surface area contributed by atoms with Gasteiger partial charge in [-0.15, -0.1) is 0 Å². The maximum atomic E-state index is 11.8. The van der Waals surface area contributed by atoms with Crippen molar-refractivity contribution in [2.45, 2.75) is 40.0 Å². The Hall–Kier alpha value is -0.860. The van der Waals surface area contributed by atoms with Crippen LogP contribution < -0.4 is 0 Å². The van der Waals surface area contributed by atoms with Gasteiger partial charge in [0.25, 0.3) is 0 Å². The molecule has 0 aromatic carbocycles. The topological polar surface area (TPSA) is 37.4 Å². The van der Waals surface area contributed by atoms with Crippen molar-refractivity contribution < 1.29 is 9.59 Å². The first-order chi connectivity index (χ1) is 6.92. The molecule has 0 aromatic heterocycles. The highest BCUT2D eigenvalue weighted by molar-refractivity contribution is 5.77. The zero-order valence-corrected chi connectivity index (χ0v) is 9.95. The highest BCUT2D eigenvalue weighted by atomic mass is 16.2. The van der Waals surface area contributed by atoms with E-state index in [9.17, 15) is 9.59 Å². The van der Waals surface area contributed by atoms with Gasteiger partial charge in [-0.25, -0.2) is 0 Å². The Balaban J connectivity index is 2.40. The van der Waals surface area contributed by atoms with Gasteiger partial charge >= 0.3 is 0 Å². The van der Waals surface area contributed by atoms with Gasteiger partial charge in [-0.3, -0.25) is 4.79 Å². The van der Waals surface area contributed by atoms with Crippen molar-refractivity contribution in [1.29, 1.82) is 0 Å². The third-order valence-corrected chi connectivity index (χ3v) is 2.77. The van der Waals surface area contributed by atoms with Crippen LogP contribution in [0, 0.1) is 11.3 Å². The maximum absolute atomic E-state index is 11.8. The number of piperidine rings is 1. The van der Waals surface area contributed by atoms with Crippen molar-refractivity contribution >= 4 is 12.2 Å². The summed E-state index contributed by atoms with van der Waals surface area (Å²) >= 11 is 0. The van der Waals surface area contributed by atoms with Gasteiger partial charge in [0.2, 0.25) is 5.91 Å². The molecule has 0 bridgehead atoms. The predicted molar refractivity (Wildman–Crippen MR) is 59.4 cm³/mol. The molecule has 1 heterocycles. The first-order valence-corrected chi connectivity index (χ1v) is 5.65. The fourth-order valence-corrected chi connectivity index (χ4v) is 1.85. The molecule has 0 N–H and O–H groups in total. The third kappa shape index (κ3) is 4.02. The van der Waals surface area contributed by atoms with E-state index in [1.807, 2.05) is 4.90 Å². The van der Waals surface area contributed by atoms with Crippen LogP contribution in [0.2, 0.25) is 0 Å². The molecule has 1 amide bonds. The second-order valence-corrected chi connectivity index (χ2v) is 5.59. The Labute approximate surface area is 91.8 Å². The molecule has 1 aliphatic heterocycles. The Kier molecular flexibility index (Phi) is 3.89. The van der Waals surface area contributed by atoms with Crippen LogP contribution >= 0.6 is 0 Å². The molecular formula is C12H21NO2. The molecule has 0 radical (unpaired) electrons. The predicted octanol–water partition coefficient (Wildman–Crippen LogP) is 1.86. The van der Waals surface area contributed by atoms with Gasteiger partial charge in [-0.05, 0) is 18.3 Å². The van der Waals surface area contributed by atoms with Gasteiger partial charge in [0.15, 0.2) is 0 Å². The van der Waals surface area contributed by atoms with E-state index < -0.39 is 0 Å². The number of rotatable bonds is 2. The van der Waals surface area contributed by atoms with Crippen molar-refractivity contribution in [1.82, 2.24) is 4.90 Å². The van der Waals surface area contributed by atoms with Crippen LogP contribution in [0.25, 0.3) is 0 Å². The quantitative estimate of drug-likeness (QED) is 0.654. The van der Waals surface area contributed by atoms with E-state index in [1.54, 1.807) is 0 Å². The Morgan fingerprint density at radius 3 is 2.27 bits per heavy atom. The number of carbonyl (C=O) groups is 2. The largest absolute Gasteiger partial charge is 0.343 e. The fraction of sp³-hybridized carbons (Fsp3) is 0.833. The molecule has 3 heteroatoms. The first kappa shape index (κ1) is 12.2. The highest BCUT2D eigenvalue weighted by Gasteiger charge is 2.25. The van der Waals surface area contributed by atoms with Gasteiger partial charge in [-0.2, -0.15) is 0 Å².